The van der Waals surface area contributed by atoms with Crippen LogP contribution in [-0.2, 0) is 7.05 Å². The minimum Gasteiger partial charge on any atom is -0.344 e. The third-order valence-corrected chi connectivity index (χ3v) is 13.1. The van der Waals surface area contributed by atoms with Gasteiger partial charge < -0.3 is 9.47 Å². The minimum atomic E-state index is 1.13. The molecule has 65 heavy (non-hydrogen) atoms. The van der Waals surface area contributed by atoms with Gasteiger partial charge in [-0.3, -0.25) is 0 Å². The fraction of sp³-hybridized carbons (Fsp3) is 0.0159. The van der Waals surface area contributed by atoms with Crippen molar-refractivity contribution in [1.29, 1.82) is 0 Å². The van der Waals surface area contributed by atoms with Gasteiger partial charge >= 0.3 is 0 Å². The lowest BCUT2D eigenvalue weighted by molar-refractivity contribution is 1.01. The molecule has 0 atom stereocenters. The van der Waals surface area contributed by atoms with Gasteiger partial charge in [-0.2, -0.15) is 0 Å². The van der Waals surface area contributed by atoms with Crippen molar-refractivity contribution >= 4 is 83.3 Å². The largest absolute Gasteiger partial charge is 0.344 e. The Bertz CT molecular complexity index is 3710. The number of fused-ring (bicyclic) bond motifs is 7. The normalized spacial score (nSPS) is 11.7. The Balaban J connectivity index is 0.864. The summed E-state index contributed by atoms with van der Waals surface area (Å²) in [6.07, 6.45) is 4.46. The quantitative estimate of drug-likeness (QED) is 0.109. The second-order valence-corrected chi connectivity index (χ2v) is 17.0. The van der Waals surface area contributed by atoms with E-state index in [0.717, 1.165) is 17.1 Å². The number of hydrogen-bond acceptors (Lipinski definition) is 1. The van der Waals surface area contributed by atoms with E-state index < -0.39 is 0 Å². The van der Waals surface area contributed by atoms with E-state index in [9.17, 15) is 0 Å². The molecule has 2 nitrogen and oxygen atoms in total. The van der Waals surface area contributed by atoms with Gasteiger partial charge in [0.2, 0.25) is 0 Å². The maximum atomic E-state index is 2.40. The lowest BCUT2D eigenvalue weighted by Crippen LogP contribution is -2.09. The van der Waals surface area contributed by atoms with Crippen molar-refractivity contribution in [2.45, 2.75) is 0 Å². The SMILES string of the molecule is Cn1c2cc(/C=C/c3ccc4cc(-c5ccc6c(-c7ccccc7)c(-c7ccccc7)c7ccccc7c6c5)ccc4c3)ccc2c2ccc(N(c3ccccc3)c3ccccc3)cc21. The van der Waals surface area contributed by atoms with Crippen molar-refractivity contribution in [3.8, 4) is 33.4 Å². The Morgan fingerprint density at radius 3 is 1.43 bits per heavy atom. The van der Waals surface area contributed by atoms with Gasteiger partial charge in [0.15, 0.2) is 0 Å². The molecular formula is C63H44N2. The number of hydrogen-bond donors (Lipinski definition) is 0. The Hall–Kier alpha value is -8.46. The Morgan fingerprint density at radius 1 is 0.308 bits per heavy atom. The Morgan fingerprint density at radius 2 is 0.769 bits per heavy atom. The monoisotopic (exact) mass is 828 g/mol. The summed E-state index contributed by atoms with van der Waals surface area (Å²) in [4.78, 5) is 2.32. The molecule has 12 rings (SSSR count). The zero-order valence-corrected chi connectivity index (χ0v) is 36.1. The summed E-state index contributed by atoms with van der Waals surface area (Å²) >= 11 is 0. The summed E-state index contributed by atoms with van der Waals surface area (Å²) in [6.45, 7) is 0. The molecule has 0 radical (unpaired) electrons. The number of nitrogens with zero attached hydrogens (tertiary/aromatic N) is 2. The number of benzene rings is 11. The maximum absolute atomic E-state index is 2.40. The molecule has 11 aromatic carbocycles. The van der Waals surface area contributed by atoms with Gasteiger partial charge in [-0.05, 0) is 137 Å². The first-order valence-electron chi connectivity index (χ1n) is 22.4. The van der Waals surface area contributed by atoms with Crippen LogP contribution in [0.5, 0.6) is 0 Å². The summed E-state index contributed by atoms with van der Waals surface area (Å²) < 4.78 is 2.33. The van der Waals surface area contributed by atoms with Crippen molar-refractivity contribution in [2.75, 3.05) is 4.90 Å². The molecule has 0 saturated heterocycles. The first-order chi connectivity index (χ1) is 32.1. The molecule has 1 heterocycles. The van der Waals surface area contributed by atoms with E-state index >= 15 is 0 Å². The van der Waals surface area contributed by atoms with E-state index in [1.54, 1.807) is 0 Å². The van der Waals surface area contributed by atoms with E-state index in [-0.39, 0.29) is 0 Å². The van der Waals surface area contributed by atoms with Crippen molar-refractivity contribution < 1.29 is 0 Å². The van der Waals surface area contributed by atoms with Crippen LogP contribution in [0, 0.1) is 0 Å². The molecule has 1 aromatic heterocycles. The average Bonchev–Trinajstić information content (AvgIpc) is 3.65. The highest BCUT2D eigenvalue weighted by atomic mass is 15.1. The average molecular weight is 829 g/mol. The fourth-order valence-electron chi connectivity index (χ4n) is 9.97. The predicted molar refractivity (Wildman–Crippen MR) is 279 cm³/mol. The fourth-order valence-corrected chi connectivity index (χ4v) is 9.97. The van der Waals surface area contributed by atoms with Crippen LogP contribution >= 0.6 is 0 Å². The van der Waals surface area contributed by atoms with Crippen LogP contribution in [0.3, 0.4) is 0 Å². The van der Waals surface area contributed by atoms with E-state index in [0.29, 0.717) is 0 Å². The molecule has 0 amide bonds. The molecule has 0 unspecified atom stereocenters. The van der Waals surface area contributed by atoms with Crippen molar-refractivity contribution in [3.63, 3.8) is 0 Å². The zero-order valence-electron chi connectivity index (χ0n) is 36.1. The predicted octanol–water partition coefficient (Wildman–Crippen LogP) is 17.4. The van der Waals surface area contributed by atoms with Gasteiger partial charge in [-0.15, -0.1) is 0 Å². The lowest BCUT2D eigenvalue weighted by atomic mass is 9.84. The van der Waals surface area contributed by atoms with Crippen molar-refractivity contribution in [3.05, 3.63) is 248 Å². The molecule has 0 spiro atoms. The maximum Gasteiger partial charge on any atom is 0.0509 e. The first kappa shape index (κ1) is 38.2. The van der Waals surface area contributed by atoms with Crippen LogP contribution in [0.15, 0.2) is 237 Å². The van der Waals surface area contributed by atoms with E-state index in [1.807, 2.05) is 0 Å². The topological polar surface area (TPSA) is 8.17 Å². The lowest BCUT2D eigenvalue weighted by Gasteiger charge is -2.25. The Labute approximate surface area is 379 Å². The molecule has 0 N–H and O–H groups in total. The summed E-state index contributed by atoms with van der Waals surface area (Å²) in [5.41, 5.74) is 15.6. The second-order valence-electron chi connectivity index (χ2n) is 17.0. The molecule has 0 aliphatic carbocycles. The van der Waals surface area contributed by atoms with Gasteiger partial charge in [0.05, 0.1) is 5.52 Å². The number of para-hydroxylation sites is 2. The van der Waals surface area contributed by atoms with Crippen LogP contribution < -0.4 is 4.90 Å². The molecular weight excluding hydrogens is 785 g/mol. The number of rotatable bonds is 8. The second kappa shape index (κ2) is 16.0. The third-order valence-electron chi connectivity index (χ3n) is 13.1. The highest BCUT2D eigenvalue weighted by Crippen LogP contribution is 2.46. The number of anilines is 3. The minimum absolute atomic E-state index is 1.13. The number of aromatic nitrogens is 1. The standard InChI is InChI=1S/C63H44N2/c1-64-60-39-44(29-35-55(60)56-37-34-53(42-61(56)64)65(51-20-10-4-11-21-51)52-22-12-5-13-23-52)27-26-43-28-30-48-40-49(32-31-47(48)38-43)50-33-36-58-59(41-50)54-24-14-15-25-57(54)62(45-16-6-2-7-17-45)63(58)46-18-8-3-9-19-46/h2-42H,1H3/b27-26+. The third kappa shape index (κ3) is 6.84. The molecule has 0 bridgehead atoms. The summed E-state index contributed by atoms with van der Waals surface area (Å²) in [6, 6.07) is 86.1. The van der Waals surface area contributed by atoms with Crippen LogP contribution in [0.2, 0.25) is 0 Å². The summed E-state index contributed by atoms with van der Waals surface area (Å²) in [5, 5.41) is 10.0. The highest BCUT2D eigenvalue weighted by Gasteiger charge is 2.19. The molecule has 2 heteroatoms. The van der Waals surface area contributed by atoms with E-state index in [4.69, 9.17) is 0 Å². The summed E-state index contributed by atoms with van der Waals surface area (Å²) in [7, 11) is 2.18. The zero-order chi connectivity index (χ0) is 43.3. The highest BCUT2D eigenvalue weighted by molar-refractivity contribution is 6.22. The van der Waals surface area contributed by atoms with Gasteiger partial charge in [0.25, 0.3) is 0 Å². The summed E-state index contributed by atoms with van der Waals surface area (Å²) in [5.74, 6) is 0. The molecule has 12 aromatic rings. The van der Waals surface area contributed by atoms with Gasteiger partial charge in [0.1, 0.15) is 0 Å². The van der Waals surface area contributed by atoms with Crippen LogP contribution in [-0.4, -0.2) is 4.57 Å². The van der Waals surface area contributed by atoms with Crippen LogP contribution in [0.1, 0.15) is 11.1 Å². The van der Waals surface area contributed by atoms with Gasteiger partial charge in [-0.25, -0.2) is 0 Å². The van der Waals surface area contributed by atoms with Gasteiger partial charge in [-0.1, -0.05) is 188 Å². The number of aryl methyl sites for hydroxylation is 1. The molecule has 0 aliphatic rings. The van der Waals surface area contributed by atoms with Gasteiger partial charge in [0, 0.05) is 40.4 Å². The first-order valence-corrected chi connectivity index (χ1v) is 22.4. The van der Waals surface area contributed by atoms with E-state index in [1.165, 1.54) is 98.6 Å². The van der Waals surface area contributed by atoms with Crippen molar-refractivity contribution in [2.24, 2.45) is 7.05 Å². The molecule has 306 valence electrons. The smallest absolute Gasteiger partial charge is 0.0509 e. The van der Waals surface area contributed by atoms with Crippen LogP contribution in [0.4, 0.5) is 17.1 Å². The van der Waals surface area contributed by atoms with E-state index in [2.05, 4.69) is 265 Å². The van der Waals surface area contributed by atoms with Crippen molar-refractivity contribution in [1.82, 2.24) is 4.57 Å². The molecule has 0 fully saturated rings. The van der Waals surface area contributed by atoms with Crippen LogP contribution in [0.25, 0.3) is 99.7 Å². The molecule has 0 aliphatic heterocycles. The molecule has 0 saturated carbocycles. The Kier molecular flexibility index (Phi) is 9.43.